The molecule has 5 nitrogen and oxygen atoms in total. The normalized spacial score (nSPS) is 14.8. The number of rotatable bonds is 4. The second kappa shape index (κ2) is 7.15. The van der Waals surface area contributed by atoms with E-state index >= 15 is 0 Å². The minimum atomic E-state index is -0.210. The third-order valence-electron chi connectivity index (χ3n) is 4.90. The van der Waals surface area contributed by atoms with Crippen LogP contribution < -0.4 is 4.90 Å². The lowest BCUT2D eigenvalue weighted by Crippen LogP contribution is -2.49. The summed E-state index contributed by atoms with van der Waals surface area (Å²) in [5.74, 6) is 0.822. The molecule has 0 unspecified atom stereocenters. The van der Waals surface area contributed by atoms with Crippen molar-refractivity contribution in [3.8, 4) is 0 Å². The molecule has 0 spiro atoms. The zero-order chi connectivity index (χ0) is 17.9. The van der Waals surface area contributed by atoms with Gasteiger partial charge < -0.3 is 14.2 Å². The summed E-state index contributed by atoms with van der Waals surface area (Å²) in [6, 6.07) is 12.7. The molecule has 3 heterocycles. The summed E-state index contributed by atoms with van der Waals surface area (Å²) in [5.41, 5.74) is 1.65. The molecule has 0 atom stereocenters. The van der Waals surface area contributed by atoms with Gasteiger partial charge in [0.1, 0.15) is 11.6 Å². The van der Waals surface area contributed by atoms with Crippen LogP contribution in [0.1, 0.15) is 12.2 Å². The fourth-order valence-electron chi connectivity index (χ4n) is 3.47. The number of aryl methyl sites for hydroxylation is 1. The molecular formula is C20H21FN4O. The first-order valence-electron chi connectivity index (χ1n) is 8.90. The Bertz CT molecular complexity index is 915. The SMILES string of the molecule is O=C(CCc1ncc2ccccn12)N1CCN(c2ccccc2F)CC1. The topological polar surface area (TPSA) is 40.9 Å². The Kier molecular flexibility index (Phi) is 4.56. The Morgan fingerprint density at radius 3 is 2.62 bits per heavy atom. The number of piperazine rings is 1. The highest BCUT2D eigenvalue weighted by Gasteiger charge is 2.22. The Morgan fingerprint density at radius 2 is 1.81 bits per heavy atom. The number of aromatic nitrogens is 2. The minimum Gasteiger partial charge on any atom is -0.366 e. The molecule has 26 heavy (non-hydrogen) atoms. The number of anilines is 1. The molecule has 1 aliphatic heterocycles. The predicted octanol–water partition coefficient (Wildman–Crippen LogP) is 2.75. The Balaban J connectivity index is 1.33. The van der Waals surface area contributed by atoms with Crippen molar-refractivity contribution >= 4 is 17.1 Å². The number of imidazole rings is 1. The number of halogens is 1. The third-order valence-corrected chi connectivity index (χ3v) is 4.90. The van der Waals surface area contributed by atoms with Crippen molar-refractivity contribution < 1.29 is 9.18 Å². The van der Waals surface area contributed by atoms with Crippen LogP contribution in [0.4, 0.5) is 10.1 Å². The number of hydrogen-bond donors (Lipinski definition) is 0. The highest BCUT2D eigenvalue weighted by molar-refractivity contribution is 5.76. The Hall–Kier alpha value is -2.89. The number of pyridine rings is 1. The Morgan fingerprint density at radius 1 is 1.04 bits per heavy atom. The van der Waals surface area contributed by atoms with E-state index in [1.165, 1.54) is 6.07 Å². The molecule has 0 N–H and O–H groups in total. The molecule has 6 heteroatoms. The number of hydrogen-bond acceptors (Lipinski definition) is 3. The van der Waals surface area contributed by atoms with E-state index in [2.05, 4.69) is 4.98 Å². The summed E-state index contributed by atoms with van der Waals surface area (Å²) < 4.78 is 15.9. The highest BCUT2D eigenvalue weighted by atomic mass is 19.1. The molecule has 2 aromatic heterocycles. The van der Waals surface area contributed by atoms with Gasteiger partial charge in [0.2, 0.25) is 5.91 Å². The van der Waals surface area contributed by atoms with Gasteiger partial charge >= 0.3 is 0 Å². The molecule has 0 radical (unpaired) electrons. The van der Waals surface area contributed by atoms with E-state index in [4.69, 9.17) is 0 Å². The van der Waals surface area contributed by atoms with E-state index in [0.717, 1.165) is 11.3 Å². The number of fused-ring (bicyclic) bond motifs is 1. The van der Waals surface area contributed by atoms with Gasteiger partial charge in [-0.05, 0) is 24.3 Å². The van der Waals surface area contributed by atoms with Gasteiger partial charge in [-0.3, -0.25) is 4.79 Å². The van der Waals surface area contributed by atoms with Crippen molar-refractivity contribution in [3.63, 3.8) is 0 Å². The van der Waals surface area contributed by atoms with Gasteiger partial charge in [-0.1, -0.05) is 18.2 Å². The summed E-state index contributed by atoms with van der Waals surface area (Å²) in [6.45, 7) is 2.54. The van der Waals surface area contributed by atoms with E-state index in [1.54, 1.807) is 12.1 Å². The van der Waals surface area contributed by atoms with Crippen LogP contribution in [0, 0.1) is 5.82 Å². The maximum atomic E-state index is 13.9. The van der Waals surface area contributed by atoms with Crippen molar-refractivity contribution in [2.75, 3.05) is 31.1 Å². The molecule has 4 rings (SSSR count). The minimum absolute atomic E-state index is 0.130. The van der Waals surface area contributed by atoms with Gasteiger partial charge in [-0.15, -0.1) is 0 Å². The smallest absolute Gasteiger partial charge is 0.223 e. The molecule has 0 saturated carbocycles. The summed E-state index contributed by atoms with van der Waals surface area (Å²) in [5, 5.41) is 0. The van der Waals surface area contributed by atoms with Crippen molar-refractivity contribution in [1.82, 2.24) is 14.3 Å². The van der Waals surface area contributed by atoms with E-state index in [1.807, 2.05) is 50.9 Å². The van der Waals surface area contributed by atoms with Crippen molar-refractivity contribution in [2.45, 2.75) is 12.8 Å². The van der Waals surface area contributed by atoms with Crippen LogP contribution in [0.3, 0.4) is 0 Å². The van der Waals surface area contributed by atoms with Gasteiger partial charge in [-0.25, -0.2) is 9.37 Å². The molecular weight excluding hydrogens is 331 g/mol. The number of carbonyl (C=O) groups excluding carboxylic acids is 1. The van der Waals surface area contributed by atoms with Gasteiger partial charge in [0.15, 0.2) is 0 Å². The summed E-state index contributed by atoms with van der Waals surface area (Å²) in [7, 11) is 0. The van der Waals surface area contributed by atoms with Crippen molar-refractivity contribution in [1.29, 1.82) is 0 Å². The Labute approximate surface area is 151 Å². The fraction of sp³-hybridized carbons (Fsp3) is 0.300. The second-order valence-electron chi connectivity index (χ2n) is 6.49. The maximum absolute atomic E-state index is 13.9. The van der Waals surface area contributed by atoms with Crippen LogP contribution in [0.2, 0.25) is 0 Å². The molecule has 1 aliphatic rings. The van der Waals surface area contributed by atoms with E-state index in [-0.39, 0.29) is 11.7 Å². The van der Waals surface area contributed by atoms with Crippen molar-refractivity contribution in [3.05, 3.63) is 66.5 Å². The predicted molar refractivity (Wildman–Crippen MR) is 98.7 cm³/mol. The standard InChI is InChI=1S/C20H21FN4O/c21-17-6-1-2-7-18(17)23-11-13-24(14-12-23)20(26)9-8-19-22-15-16-5-3-4-10-25(16)19/h1-7,10,15H,8-9,11-14H2. The van der Waals surface area contributed by atoms with Crippen LogP contribution >= 0.6 is 0 Å². The van der Waals surface area contributed by atoms with Crippen LogP contribution in [0.25, 0.3) is 5.52 Å². The lowest BCUT2D eigenvalue weighted by atomic mass is 10.2. The first-order chi connectivity index (χ1) is 12.7. The van der Waals surface area contributed by atoms with E-state index < -0.39 is 0 Å². The number of carbonyl (C=O) groups is 1. The van der Waals surface area contributed by atoms with Crippen LogP contribution in [0.15, 0.2) is 54.9 Å². The van der Waals surface area contributed by atoms with Gasteiger partial charge in [0.05, 0.1) is 17.4 Å². The monoisotopic (exact) mass is 352 g/mol. The zero-order valence-corrected chi connectivity index (χ0v) is 14.5. The van der Waals surface area contributed by atoms with E-state index in [9.17, 15) is 9.18 Å². The van der Waals surface area contributed by atoms with Gasteiger partial charge in [-0.2, -0.15) is 0 Å². The molecule has 0 bridgehead atoms. The molecule has 1 aromatic carbocycles. The van der Waals surface area contributed by atoms with Gasteiger partial charge in [0, 0.05) is 45.2 Å². The first-order valence-corrected chi connectivity index (χ1v) is 8.90. The quantitative estimate of drug-likeness (QED) is 0.725. The lowest BCUT2D eigenvalue weighted by molar-refractivity contribution is -0.131. The van der Waals surface area contributed by atoms with Crippen molar-refractivity contribution in [2.24, 2.45) is 0 Å². The molecule has 3 aromatic rings. The number of para-hydroxylation sites is 1. The average molecular weight is 352 g/mol. The molecule has 1 amide bonds. The maximum Gasteiger partial charge on any atom is 0.223 e. The van der Waals surface area contributed by atoms with Crippen LogP contribution in [0.5, 0.6) is 0 Å². The lowest BCUT2D eigenvalue weighted by Gasteiger charge is -2.36. The molecule has 1 fully saturated rings. The average Bonchev–Trinajstić information content (AvgIpc) is 3.10. The largest absolute Gasteiger partial charge is 0.366 e. The summed E-state index contributed by atoms with van der Waals surface area (Å²) in [4.78, 5) is 20.8. The molecule has 1 saturated heterocycles. The number of amides is 1. The van der Waals surface area contributed by atoms with Crippen LogP contribution in [-0.4, -0.2) is 46.4 Å². The highest BCUT2D eigenvalue weighted by Crippen LogP contribution is 2.20. The number of benzene rings is 1. The summed E-state index contributed by atoms with van der Waals surface area (Å²) in [6.07, 6.45) is 4.85. The molecule has 0 aliphatic carbocycles. The summed E-state index contributed by atoms with van der Waals surface area (Å²) >= 11 is 0. The second-order valence-corrected chi connectivity index (χ2v) is 6.49. The molecule has 134 valence electrons. The number of nitrogens with zero attached hydrogens (tertiary/aromatic N) is 4. The first kappa shape index (κ1) is 16.6. The van der Waals surface area contributed by atoms with Gasteiger partial charge in [0.25, 0.3) is 0 Å². The van der Waals surface area contributed by atoms with E-state index in [0.29, 0.717) is 44.7 Å². The van der Waals surface area contributed by atoms with Crippen LogP contribution in [-0.2, 0) is 11.2 Å². The fourth-order valence-corrected chi connectivity index (χ4v) is 3.47. The zero-order valence-electron chi connectivity index (χ0n) is 14.5. The third kappa shape index (κ3) is 3.27.